The molecule has 0 aliphatic carbocycles. The lowest BCUT2D eigenvalue weighted by Gasteiger charge is -2.37. The van der Waals surface area contributed by atoms with Gasteiger partial charge in [-0.25, -0.2) is 0 Å². The maximum atomic E-state index is 11.9. The fraction of sp³-hybridized carbons (Fsp3) is 0.923. The van der Waals surface area contributed by atoms with Gasteiger partial charge in [-0.3, -0.25) is 4.79 Å². The Kier molecular flexibility index (Phi) is 5.26. The van der Waals surface area contributed by atoms with Crippen molar-refractivity contribution in [2.24, 2.45) is 11.8 Å². The molecule has 1 amide bonds. The predicted octanol–water partition coefficient (Wildman–Crippen LogP) is 2.04. The van der Waals surface area contributed by atoms with Crippen molar-refractivity contribution >= 4 is 5.91 Å². The molecule has 1 aliphatic rings. The zero-order valence-electron chi connectivity index (χ0n) is 10.8. The van der Waals surface area contributed by atoms with Gasteiger partial charge in [0.2, 0.25) is 0 Å². The van der Waals surface area contributed by atoms with E-state index >= 15 is 0 Å². The topological polar surface area (TPSA) is 40.5 Å². The number of aliphatic hydroxyl groups is 1. The van der Waals surface area contributed by atoms with Gasteiger partial charge in [0.15, 0.2) is 0 Å². The first-order valence-electron chi connectivity index (χ1n) is 6.56. The summed E-state index contributed by atoms with van der Waals surface area (Å²) in [5.41, 5.74) is 0. The standard InChI is InChI=1S/C13H25NO2/c1-4-6-12(15)13(16)14-8-7-10(3)11(5-2)9-14/h10-12,15H,4-9H2,1-3H3/t10-,11-,12+/m1/s1. The zero-order chi connectivity index (χ0) is 12.1. The Bertz CT molecular complexity index is 230. The van der Waals surface area contributed by atoms with Gasteiger partial charge in [-0.05, 0) is 24.7 Å². The van der Waals surface area contributed by atoms with Gasteiger partial charge >= 0.3 is 0 Å². The number of carbonyl (C=O) groups is 1. The van der Waals surface area contributed by atoms with Gasteiger partial charge in [0.25, 0.3) is 5.91 Å². The zero-order valence-corrected chi connectivity index (χ0v) is 10.8. The van der Waals surface area contributed by atoms with Crippen LogP contribution >= 0.6 is 0 Å². The molecule has 3 nitrogen and oxygen atoms in total. The maximum absolute atomic E-state index is 11.9. The van der Waals surface area contributed by atoms with Crippen LogP contribution in [-0.4, -0.2) is 35.1 Å². The van der Waals surface area contributed by atoms with Crippen molar-refractivity contribution in [3.05, 3.63) is 0 Å². The molecule has 0 aromatic carbocycles. The number of hydrogen-bond acceptors (Lipinski definition) is 2. The fourth-order valence-electron chi connectivity index (χ4n) is 2.49. The third kappa shape index (κ3) is 3.21. The highest BCUT2D eigenvalue weighted by Crippen LogP contribution is 2.26. The van der Waals surface area contributed by atoms with Crippen molar-refractivity contribution in [1.82, 2.24) is 4.90 Å². The molecule has 3 atom stereocenters. The van der Waals surface area contributed by atoms with Crippen molar-refractivity contribution in [3.8, 4) is 0 Å². The van der Waals surface area contributed by atoms with E-state index in [1.165, 1.54) is 0 Å². The number of carbonyl (C=O) groups excluding carboxylic acids is 1. The molecule has 0 radical (unpaired) electrons. The molecule has 1 rings (SSSR count). The smallest absolute Gasteiger partial charge is 0.251 e. The van der Waals surface area contributed by atoms with Crippen molar-refractivity contribution in [3.63, 3.8) is 0 Å². The third-order valence-corrected chi connectivity index (χ3v) is 3.80. The van der Waals surface area contributed by atoms with Gasteiger partial charge in [0.1, 0.15) is 6.10 Å². The molecule has 94 valence electrons. The molecule has 0 aromatic rings. The van der Waals surface area contributed by atoms with Crippen LogP contribution in [0.25, 0.3) is 0 Å². The third-order valence-electron chi connectivity index (χ3n) is 3.80. The lowest BCUT2D eigenvalue weighted by molar-refractivity contribution is -0.143. The highest BCUT2D eigenvalue weighted by molar-refractivity contribution is 5.80. The minimum Gasteiger partial charge on any atom is -0.383 e. The number of likely N-dealkylation sites (tertiary alicyclic amines) is 1. The maximum Gasteiger partial charge on any atom is 0.251 e. The average Bonchev–Trinajstić information content (AvgIpc) is 2.29. The Morgan fingerprint density at radius 3 is 2.75 bits per heavy atom. The molecule has 1 heterocycles. The van der Waals surface area contributed by atoms with Crippen molar-refractivity contribution < 1.29 is 9.90 Å². The minimum absolute atomic E-state index is 0.0628. The van der Waals surface area contributed by atoms with Crippen LogP contribution in [0.2, 0.25) is 0 Å². The van der Waals surface area contributed by atoms with Crippen LogP contribution < -0.4 is 0 Å². The second-order valence-corrected chi connectivity index (χ2v) is 5.02. The molecule has 1 aliphatic heterocycles. The summed E-state index contributed by atoms with van der Waals surface area (Å²) in [5.74, 6) is 1.25. The van der Waals surface area contributed by atoms with E-state index in [1.54, 1.807) is 0 Å². The number of amides is 1. The first kappa shape index (κ1) is 13.5. The van der Waals surface area contributed by atoms with Crippen LogP contribution in [0, 0.1) is 11.8 Å². The van der Waals surface area contributed by atoms with E-state index in [0.717, 1.165) is 32.4 Å². The number of rotatable bonds is 4. The predicted molar refractivity (Wildman–Crippen MR) is 65.1 cm³/mol. The number of hydrogen-bond donors (Lipinski definition) is 1. The molecule has 1 fully saturated rings. The molecule has 0 unspecified atom stereocenters. The summed E-state index contributed by atoms with van der Waals surface area (Å²) in [5, 5.41) is 9.70. The molecule has 3 heteroatoms. The van der Waals surface area contributed by atoms with Crippen LogP contribution in [0.15, 0.2) is 0 Å². The van der Waals surface area contributed by atoms with Crippen molar-refractivity contribution in [2.75, 3.05) is 13.1 Å². The van der Waals surface area contributed by atoms with Gasteiger partial charge in [-0.2, -0.15) is 0 Å². The Balaban J connectivity index is 2.51. The SMILES string of the molecule is CCC[C@H](O)C(=O)N1CC[C@@H](C)[C@H](CC)C1. The Labute approximate surface area is 98.8 Å². The molecular formula is C13H25NO2. The molecule has 1 N–H and O–H groups in total. The van der Waals surface area contributed by atoms with Crippen LogP contribution in [-0.2, 0) is 4.79 Å². The highest BCUT2D eigenvalue weighted by atomic mass is 16.3. The lowest BCUT2D eigenvalue weighted by atomic mass is 9.85. The van der Waals surface area contributed by atoms with Crippen molar-refractivity contribution in [1.29, 1.82) is 0 Å². The highest BCUT2D eigenvalue weighted by Gasteiger charge is 2.30. The van der Waals surface area contributed by atoms with E-state index in [1.807, 2.05) is 11.8 Å². The second kappa shape index (κ2) is 6.24. The lowest BCUT2D eigenvalue weighted by Crippen LogP contribution is -2.47. The Morgan fingerprint density at radius 1 is 1.50 bits per heavy atom. The summed E-state index contributed by atoms with van der Waals surface area (Å²) >= 11 is 0. The summed E-state index contributed by atoms with van der Waals surface area (Å²) in [4.78, 5) is 13.8. The molecular weight excluding hydrogens is 202 g/mol. The summed E-state index contributed by atoms with van der Waals surface area (Å²) in [7, 11) is 0. The Morgan fingerprint density at radius 2 is 2.19 bits per heavy atom. The minimum atomic E-state index is -0.782. The molecule has 1 saturated heterocycles. The van der Waals surface area contributed by atoms with Gasteiger partial charge < -0.3 is 10.0 Å². The van der Waals surface area contributed by atoms with Gasteiger partial charge in [0.05, 0.1) is 0 Å². The van der Waals surface area contributed by atoms with E-state index in [0.29, 0.717) is 18.3 Å². The van der Waals surface area contributed by atoms with E-state index in [-0.39, 0.29) is 5.91 Å². The van der Waals surface area contributed by atoms with E-state index in [4.69, 9.17) is 0 Å². The van der Waals surface area contributed by atoms with Gasteiger partial charge in [-0.15, -0.1) is 0 Å². The first-order chi connectivity index (χ1) is 7.60. The summed E-state index contributed by atoms with van der Waals surface area (Å²) in [6.45, 7) is 8.08. The quantitative estimate of drug-likeness (QED) is 0.798. The number of nitrogens with zero attached hydrogens (tertiary/aromatic N) is 1. The summed E-state index contributed by atoms with van der Waals surface area (Å²) in [6, 6.07) is 0. The number of aliphatic hydroxyl groups excluding tert-OH is 1. The van der Waals surface area contributed by atoms with Crippen LogP contribution in [0.5, 0.6) is 0 Å². The van der Waals surface area contributed by atoms with E-state index < -0.39 is 6.10 Å². The van der Waals surface area contributed by atoms with Crippen LogP contribution in [0.4, 0.5) is 0 Å². The fourth-order valence-corrected chi connectivity index (χ4v) is 2.49. The second-order valence-electron chi connectivity index (χ2n) is 5.02. The molecule has 0 saturated carbocycles. The molecule has 0 spiro atoms. The van der Waals surface area contributed by atoms with Crippen LogP contribution in [0.1, 0.15) is 46.5 Å². The van der Waals surface area contributed by atoms with Crippen molar-refractivity contribution in [2.45, 2.75) is 52.6 Å². The number of piperidine rings is 1. The average molecular weight is 227 g/mol. The summed E-state index contributed by atoms with van der Waals surface area (Å²) < 4.78 is 0. The molecule has 16 heavy (non-hydrogen) atoms. The van der Waals surface area contributed by atoms with Crippen LogP contribution in [0.3, 0.4) is 0 Å². The van der Waals surface area contributed by atoms with Gasteiger partial charge in [0, 0.05) is 13.1 Å². The van der Waals surface area contributed by atoms with E-state index in [2.05, 4.69) is 13.8 Å². The molecule has 0 bridgehead atoms. The molecule has 0 aromatic heterocycles. The summed E-state index contributed by atoms with van der Waals surface area (Å²) in [6.07, 6.45) is 2.85. The monoisotopic (exact) mass is 227 g/mol. The largest absolute Gasteiger partial charge is 0.383 e. The van der Waals surface area contributed by atoms with Gasteiger partial charge in [-0.1, -0.05) is 33.6 Å². The van der Waals surface area contributed by atoms with E-state index in [9.17, 15) is 9.90 Å². The first-order valence-corrected chi connectivity index (χ1v) is 6.56. The normalized spacial score (nSPS) is 27.9. The Hall–Kier alpha value is -0.570.